The van der Waals surface area contributed by atoms with Crippen LogP contribution in [0.5, 0.6) is 5.75 Å². The molecule has 1 fully saturated rings. The van der Waals surface area contributed by atoms with Crippen LogP contribution in [0.3, 0.4) is 0 Å². The number of thioether (sulfide) groups is 1. The number of rotatable bonds is 11. The fourth-order valence-electron chi connectivity index (χ4n) is 4.35. The van der Waals surface area contributed by atoms with E-state index in [9.17, 15) is 14.4 Å². The molecule has 0 saturated heterocycles. The molecule has 3 amide bonds. The molecule has 0 radical (unpaired) electrons. The minimum absolute atomic E-state index is 0.0961. The highest BCUT2D eigenvalue weighted by Gasteiger charge is 2.44. The van der Waals surface area contributed by atoms with Gasteiger partial charge in [0.15, 0.2) is 0 Å². The zero-order chi connectivity index (χ0) is 28.7. The molecule has 0 bridgehead atoms. The van der Waals surface area contributed by atoms with E-state index in [4.69, 9.17) is 9.47 Å². The van der Waals surface area contributed by atoms with Gasteiger partial charge < -0.3 is 25.0 Å². The standard InChI is InChI=1S/C30H41N3O5S/c1-19-8-9-20(2)24(18-19)26(27(34)31-21-10-14-23(37-6)15-11-21)33(22-12-13-22)28(35)25(16-17-39-7)32-29(36)38-30(3,4)5/h8-11,14-15,18,22,25-26H,12-13,16-17H2,1-7H3,(H,31,34)(H,32,36). The molecule has 212 valence electrons. The fraction of sp³-hybridized carbons (Fsp3) is 0.500. The number of alkyl carbamates (subject to hydrolysis) is 1. The summed E-state index contributed by atoms with van der Waals surface area (Å²) < 4.78 is 10.7. The van der Waals surface area contributed by atoms with Gasteiger partial charge in [-0.2, -0.15) is 11.8 Å². The van der Waals surface area contributed by atoms with Crippen LogP contribution in [0.4, 0.5) is 10.5 Å². The van der Waals surface area contributed by atoms with Crippen molar-refractivity contribution in [2.24, 2.45) is 0 Å². The Morgan fingerprint density at radius 3 is 2.31 bits per heavy atom. The number of carbonyl (C=O) groups excluding carboxylic acids is 3. The quantitative estimate of drug-likeness (QED) is 0.373. The van der Waals surface area contributed by atoms with Gasteiger partial charge >= 0.3 is 6.09 Å². The number of aryl methyl sites for hydroxylation is 2. The number of benzene rings is 2. The number of nitrogens with one attached hydrogen (secondary N) is 2. The molecule has 1 saturated carbocycles. The van der Waals surface area contributed by atoms with Gasteiger partial charge in [0.1, 0.15) is 23.4 Å². The molecular weight excluding hydrogens is 514 g/mol. The number of amides is 3. The molecule has 2 unspecified atom stereocenters. The van der Waals surface area contributed by atoms with Crippen molar-refractivity contribution >= 4 is 35.4 Å². The summed E-state index contributed by atoms with van der Waals surface area (Å²) in [5.41, 5.74) is 2.57. The van der Waals surface area contributed by atoms with Crippen molar-refractivity contribution in [1.82, 2.24) is 10.2 Å². The van der Waals surface area contributed by atoms with Crippen LogP contribution in [-0.2, 0) is 14.3 Å². The molecule has 0 heterocycles. The van der Waals surface area contributed by atoms with Crippen LogP contribution in [0.1, 0.15) is 62.8 Å². The molecule has 0 spiro atoms. The third-order valence-corrected chi connectivity index (χ3v) is 7.05. The van der Waals surface area contributed by atoms with E-state index in [-0.39, 0.29) is 17.9 Å². The van der Waals surface area contributed by atoms with Gasteiger partial charge in [-0.05, 0) is 101 Å². The van der Waals surface area contributed by atoms with Crippen LogP contribution in [0.2, 0.25) is 0 Å². The topological polar surface area (TPSA) is 97.0 Å². The minimum Gasteiger partial charge on any atom is -0.497 e. The van der Waals surface area contributed by atoms with Gasteiger partial charge in [-0.25, -0.2) is 4.79 Å². The van der Waals surface area contributed by atoms with Crippen LogP contribution in [-0.4, -0.2) is 59.6 Å². The monoisotopic (exact) mass is 555 g/mol. The van der Waals surface area contributed by atoms with E-state index in [1.165, 1.54) is 0 Å². The first kappa shape index (κ1) is 30.3. The Bertz CT molecular complexity index is 1160. The third-order valence-electron chi connectivity index (χ3n) is 6.41. The summed E-state index contributed by atoms with van der Waals surface area (Å²) in [5.74, 6) is 0.749. The van der Waals surface area contributed by atoms with Crippen LogP contribution in [0.15, 0.2) is 42.5 Å². The summed E-state index contributed by atoms with van der Waals surface area (Å²) >= 11 is 1.59. The smallest absolute Gasteiger partial charge is 0.408 e. The lowest BCUT2D eigenvalue weighted by Crippen LogP contribution is -2.53. The number of ether oxygens (including phenoxy) is 2. The highest BCUT2D eigenvalue weighted by Crippen LogP contribution is 2.37. The molecule has 8 nitrogen and oxygen atoms in total. The van der Waals surface area contributed by atoms with Crippen molar-refractivity contribution in [1.29, 1.82) is 0 Å². The van der Waals surface area contributed by atoms with E-state index in [1.54, 1.807) is 68.8 Å². The summed E-state index contributed by atoms with van der Waals surface area (Å²) in [6.07, 6.45) is 3.32. The van der Waals surface area contributed by atoms with Crippen molar-refractivity contribution < 1.29 is 23.9 Å². The zero-order valence-electron chi connectivity index (χ0n) is 24.0. The average Bonchev–Trinajstić information content (AvgIpc) is 3.70. The van der Waals surface area contributed by atoms with Crippen molar-refractivity contribution in [3.8, 4) is 5.75 Å². The summed E-state index contributed by atoms with van der Waals surface area (Å²) in [7, 11) is 1.59. The Morgan fingerprint density at radius 1 is 1.08 bits per heavy atom. The van der Waals surface area contributed by atoms with Crippen molar-refractivity contribution in [3.63, 3.8) is 0 Å². The highest BCUT2D eigenvalue weighted by molar-refractivity contribution is 7.98. The maximum Gasteiger partial charge on any atom is 0.408 e. The Kier molecular flexibility index (Phi) is 10.3. The van der Waals surface area contributed by atoms with Gasteiger partial charge in [-0.1, -0.05) is 23.8 Å². The highest BCUT2D eigenvalue weighted by atomic mass is 32.2. The SMILES string of the molecule is COc1ccc(NC(=O)C(c2cc(C)ccc2C)N(C(=O)C(CCSC)NC(=O)OC(C)(C)C)C2CC2)cc1. The number of carbonyl (C=O) groups is 3. The van der Waals surface area contributed by atoms with Crippen molar-refractivity contribution in [3.05, 3.63) is 59.2 Å². The van der Waals surface area contributed by atoms with E-state index < -0.39 is 23.8 Å². The molecule has 39 heavy (non-hydrogen) atoms. The number of methoxy groups -OCH3 is 1. The number of anilines is 1. The lowest BCUT2D eigenvalue weighted by atomic mass is 9.95. The molecule has 3 rings (SSSR count). The van der Waals surface area contributed by atoms with E-state index in [2.05, 4.69) is 10.6 Å². The molecule has 2 atom stereocenters. The third kappa shape index (κ3) is 8.65. The summed E-state index contributed by atoms with van der Waals surface area (Å²) in [4.78, 5) is 42.6. The Morgan fingerprint density at radius 2 is 1.74 bits per heavy atom. The van der Waals surface area contributed by atoms with Crippen LogP contribution < -0.4 is 15.4 Å². The number of nitrogens with zero attached hydrogens (tertiary/aromatic N) is 1. The minimum atomic E-state index is -0.871. The van der Waals surface area contributed by atoms with E-state index in [1.807, 2.05) is 38.3 Å². The molecular formula is C30H41N3O5S. The van der Waals surface area contributed by atoms with E-state index >= 15 is 0 Å². The van der Waals surface area contributed by atoms with Crippen molar-refractivity contribution in [2.75, 3.05) is 24.4 Å². The predicted molar refractivity (Wildman–Crippen MR) is 156 cm³/mol. The van der Waals surface area contributed by atoms with Crippen molar-refractivity contribution in [2.45, 2.75) is 77.6 Å². The normalized spacial score (nSPS) is 14.6. The van der Waals surface area contributed by atoms with Gasteiger partial charge in [-0.3, -0.25) is 9.59 Å². The van der Waals surface area contributed by atoms with Gasteiger partial charge in [0.25, 0.3) is 5.91 Å². The largest absolute Gasteiger partial charge is 0.497 e. The summed E-state index contributed by atoms with van der Waals surface area (Å²) in [6.45, 7) is 9.25. The van der Waals surface area contributed by atoms with E-state index in [0.717, 1.165) is 29.5 Å². The first-order valence-corrected chi connectivity index (χ1v) is 14.7. The summed E-state index contributed by atoms with van der Waals surface area (Å²) in [6, 6.07) is 11.2. The zero-order valence-corrected chi connectivity index (χ0v) is 24.8. The lowest BCUT2D eigenvalue weighted by Gasteiger charge is -2.35. The molecule has 2 N–H and O–H groups in total. The second-order valence-corrected chi connectivity index (χ2v) is 11.9. The summed E-state index contributed by atoms with van der Waals surface area (Å²) in [5, 5.41) is 5.80. The molecule has 2 aromatic carbocycles. The lowest BCUT2D eigenvalue weighted by molar-refractivity contribution is -0.141. The van der Waals surface area contributed by atoms with Gasteiger partial charge in [0.05, 0.1) is 7.11 Å². The molecule has 0 aromatic heterocycles. The first-order valence-electron chi connectivity index (χ1n) is 13.3. The molecule has 1 aliphatic carbocycles. The molecule has 9 heteroatoms. The Labute approximate surface area is 236 Å². The van der Waals surface area contributed by atoms with Gasteiger partial charge in [0.2, 0.25) is 5.91 Å². The molecule has 1 aliphatic rings. The Hall–Kier alpha value is -3.20. The second kappa shape index (κ2) is 13.2. The maximum atomic E-state index is 14.2. The van der Waals surface area contributed by atoms with E-state index in [0.29, 0.717) is 23.6 Å². The number of hydrogen-bond donors (Lipinski definition) is 2. The Balaban J connectivity index is 2.00. The molecule has 0 aliphatic heterocycles. The fourth-order valence-corrected chi connectivity index (χ4v) is 4.82. The van der Waals surface area contributed by atoms with Crippen LogP contribution in [0, 0.1) is 13.8 Å². The second-order valence-electron chi connectivity index (χ2n) is 10.9. The molecule has 2 aromatic rings. The van der Waals surface area contributed by atoms with Crippen LogP contribution in [0.25, 0.3) is 0 Å². The van der Waals surface area contributed by atoms with Crippen LogP contribution >= 0.6 is 11.8 Å². The first-order chi connectivity index (χ1) is 18.4. The maximum absolute atomic E-state index is 14.2. The van der Waals surface area contributed by atoms with Gasteiger partial charge in [-0.15, -0.1) is 0 Å². The predicted octanol–water partition coefficient (Wildman–Crippen LogP) is 5.63. The average molecular weight is 556 g/mol. The number of hydrogen-bond acceptors (Lipinski definition) is 6. The van der Waals surface area contributed by atoms with Gasteiger partial charge in [0, 0.05) is 11.7 Å².